The molecule has 0 aliphatic heterocycles. The predicted molar refractivity (Wildman–Crippen MR) is 275 cm³/mol. The molecule has 12 aromatic rings. The lowest BCUT2D eigenvalue weighted by molar-refractivity contribution is 0.660. The van der Waals surface area contributed by atoms with Gasteiger partial charge in [0.25, 0.3) is 0 Å². The van der Waals surface area contributed by atoms with Gasteiger partial charge in [0.1, 0.15) is 11.2 Å². The highest BCUT2D eigenvalue weighted by molar-refractivity contribution is 6.34. The molecule has 0 unspecified atom stereocenters. The van der Waals surface area contributed by atoms with Crippen molar-refractivity contribution in [3.05, 3.63) is 236 Å². The summed E-state index contributed by atoms with van der Waals surface area (Å²) in [5.41, 5.74) is 17.5. The highest BCUT2D eigenvalue weighted by Gasteiger charge is 2.35. The van der Waals surface area contributed by atoms with Crippen LogP contribution in [0, 0.1) is 0 Å². The zero-order valence-corrected chi connectivity index (χ0v) is 36.2. The summed E-state index contributed by atoms with van der Waals surface area (Å²) in [6.45, 7) is 4.72. The molecule has 1 aliphatic carbocycles. The molecule has 0 spiro atoms. The molecule has 0 N–H and O–H groups in total. The Morgan fingerprint density at radius 1 is 0.308 bits per heavy atom. The first-order valence-electron chi connectivity index (χ1n) is 22.6. The van der Waals surface area contributed by atoms with E-state index in [9.17, 15) is 0 Å². The van der Waals surface area contributed by atoms with Crippen LogP contribution in [0.5, 0.6) is 0 Å². The second-order valence-electron chi connectivity index (χ2n) is 18.0. The average molecular weight is 830 g/mol. The van der Waals surface area contributed by atoms with Gasteiger partial charge in [0.05, 0.1) is 0 Å². The Kier molecular flexibility index (Phi) is 8.29. The number of para-hydroxylation sites is 1. The molecule has 1 aliphatic rings. The average Bonchev–Trinajstić information content (AvgIpc) is 3.86. The topological polar surface area (TPSA) is 16.4 Å². The molecule has 0 radical (unpaired) electrons. The smallest absolute Gasteiger partial charge is 0.136 e. The fourth-order valence-corrected chi connectivity index (χ4v) is 10.9. The Balaban J connectivity index is 0.976. The molecule has 0 saturated carbocycles. The van der Waals surface area contributed by atoms with Crippen molar-refractivity contribution in [2.75, 3.05) is 4.90 Å². The normalized spacial score (nSPS) is 12.9. The van der Waals surface area contributed by atoms with Gasteiger partial charge in [0, 0.05) is 38.6 Å². The number of benzene rings is 11. The molecule has 0 fully saturated rings. The lowest BCUT2D eigenvalue weighted by atomic mass is 9.82. The van der Waals surface area contributed by atoms with Crippen LogP contribution in [0.2, 0.25) is 0 Å². The summed E-state index contributed by atoms with van der Waals surface area (Å²) >= 11 is 0. The maximum absolute atomic E-state index is 6.42. The van der Waals surface area contributed by atoms with Gasteiger partial charge < -0.3 is 9.32 Å². The van der Waals surface area contributed by atoms with E-state index in [1.54, 1.807) is 0 Å². The Morgan fingerprint density at radius 3 is 1.62 bits per heavy atom. The number of furan rings is 1. The molecule has 2 heteroatoms. The summed E-state index contributed by atoms with van der Waals surface area (Å²) < 4.78 is 6.42. The largest absolute Gasteiger partial charge is 0.456 e. The molecular weight excluding hydrogens is 787 g/mol. The van der Waals surface area contributed by atoms with E-state index in [0.29, 0.717) is 0 Å². The van der Waals surface area contributed by atoms with Crippen molar-refractivity contribution in [1.29, 1.82) is 0 Å². The van der Waals surface area contributed by atoms with Crippen LogP contribution in [0.4, 0.5) is 17.1 Å². The van der Waals surface area contributed by atoms with Gasteiger partial charge in [0.15, 0.2) is 0 Å². The number of hydrogen-bond acceptors (Lipinski definition) is 2. The van der Waals surface area contributed by atoms with Crippen LogP contribution in [0.1, 0.15) is 25.0 Å². The van der Waals surface area contributed by atoms with Crippen LogP contribution in [0.25, 0.3) is 98.8 Å². The number of anilines is 3. The van der Waals surface area contributed by atoms with Crippen molar-refractivity contribution >= 4 is 71.3 Å². The van der Waals surface area contributed by atoms with Crippen LogP contribution >= 0.6 is 0 Å². The summed E-state index contributed by atoms with van der Waals surface area (Å²) in [5.74, 6) is 0. The third-order valence-electron chi connectivity index (χ3n) is 14.0. The van der Waals surface area contributed by atoms with Crippen molar-refractivity contribution in [2.45, 2.75) is 19.3 Å². The molecule has 65 heavy (non-hydrogen) atoms. The molecule has 0 bridgehead atoms. The maximum Gasteiger partial charge on any atom is 0.136 e. The summed E-state index contributed by atoms with van der Waals surface area (Å²) in [6.07, 6.45) is 0. The Labute approximate surface area is 378 Å². The third-order valence-corrected chi connectivity index (χ3v) is 14.0. The Morgan fingerprint density at radius 2 is 0.831 bits per heavy atom. The predicted octanol–water partition coefficient (Wildman–Crippen LogP) is 17.8. The summed E-state index contributed by atoms with van der Waals surface area (Å²) in [6, 6.07) is 82.2. The van der Waals surface area contributed by atoms with E-state index in [0.717, 1.165) is 39.2 Å². The van der Waals surface area contributed by atoms with E-state index in [2.05, 4.69) is 237 Å². The molecule has 11 aromatic carbocycles. The minimum Gasteiger partial charge on any atom is -0.456 e. The molecular formula is C63H43NO. The van der Waals surface area contributed by atoms with Crippen LogP contribution in [-0.2, 0) is 5.41 Å². The Bertz CT molecular complexity index is 3860. The van der Waals surface area contributed by atoms with Crippen molar-refractivity contribution in [3.63, 3.8) is 0 Å². The maximum atomic E-state index is 6.42. The highest BCUT2D eigenvalue weighted by Crippen LogP contribution is 2.51. The second kappa shape index (κ2) is 14.4. The summed E-state index contributed by atoms with van der Waals surface area (Å²) in [5, 5.41) is 9.76. The van der Waals surface area contributed by atoms with E-state index >= 15 is 0 Å². The van der Waals surface area contributed by atoms with Crippen LogP contribution in [0.15, 0.2) is 229 Å². The summed E-state index contributed by atoms with van der Waals surface area (Å²) in [7, 11) is 0. The lowest BCUT2D eigenvalue weighted by Gasteiger charge is -2.29. The van der Waals surface area contributed by atoms with Gasteiger partial charge >= 0.3 is 0 Å². The Hall–Kier alpha value is -8.20. The lowest BCUT2D eigenvalue weighted by Crippen LogP contribution is -2.16. The van der Waals surface area contributed by atoms with Crippen LogP contribution < -0.4 is 4.90 Å². The van der Waals surface area contributed by atoms with Gasteiger partial charge in [-0.25, -0.2) is 0 Å². The molecule has 1 heterocycles. The monoisotopic (exact) mass is 829 g/mol. The number of hydrogen-bond donors (Lipinski definition) is 0. The molecule has 0 amide bonds. The van der Waals surface area contributed by atoms with Crippen molar-refractivity contribution in [2.24, 2.45) is 0 Å². The standard InChI is InChI=1S/C63H43NO/c1-63(2)57-24-10-8-21-51(57)52-33-31-48(39-58(52)63)64(46-18-12-16-43(36-46)42-28-26-41(27-29-42)40-14-4-3-5-15-40)47-19-13-17-44(37-47)45-30-32-50-49-20-6-7-22-53(49)61-54(56(50)38-45)34-35-60-62(61)55-23-9-11-25-59(55)65-60/h3-39H,1-2H3. The van der Waals surface area contributed by atoms with Crippen LogP contribution in [0.3, 0.4) is 0 Å². The van der Waals surface area contributed by atoms with Gasteiger partial charge in [-0.15, -0.1) is 0 Å². The van der Waals surface area contributed by atoms with E-state index in [1.807, 2.05) is 6.07 Å². The second-order valence-corrected chi connectivity index (χ2v) is 18.0. The van der Waals surface area contributed by atoms with Crippen molar-refractivity contribution < 1.29 is 4.42 Å². The number of rotatable bonds is 6. The van der Waals surface area contributed by atoms with E-state index in [4.69, 9.17) is 4.42 Å². The quantitative estimate of drug-likeness (QED) is 0.155. The first kappa shape index (κ1) is 37.4. The molecule has 13 rings (SSSR count). The fourth-order valence-electron chi connectivity index (χ4n) is 10.9. The van der Waals surface area contributed by atoms with Crippen molar-refractivity contribution in [3.8, 4) is 44.5 Å². The van der Waals surface area contributed by atoms with Gasteiger partial charge in [-0.1, -0.05) is 178 Å². The van der Waals surface area contributed by atoms with Gasteiger partial charge in [-0.3, -0.25) is 0 Å². The molecule has 0 saturated heterocycles. The van der Waals surface area contributed by atoms with Crippen molar-refractivity contribution in [1.82, 2.24) is 0 Å². The minimum atomic E-state index is -0.135. The first-order valence-corrected chi connectivity index (χ1v) is 22.6. The highest BCUT2D eigenvalue weighted by atomic mass is 16.3. The van der Waals surface area contributed by atoms with Crippen LogP contribution in [-0.4, -0.2) is 0 Å². The van der Waals surface area contributed by atoms with Gasteiger partial charge in [-0.05, 0) is 143 Å². The zero-order chi connectivity index (χ0) is 43.2. The number of fused-ring (bicyclic) bond motifs is 13. The van der Waals surface area contributed by atoms with E-state index in [1.165, 1.54) is 87.8 Å². The van der Waals surface area contributed by atoms with Gasteiger partial charge in [-0.2, -0.15) is 0 Å². The molecule has 0 atom stereocenters. The van der Waals surface area contributed by atoms with E-state index in [-0.39, 0.29) is 5.41 Å². The third kappa shape index (κ3) is 5.88. The van der Waals surface area contributed by atoms with E-state index < -0.39 is 0 Å². The fraction of sp³-hybridized carbons (Fsp3) is 0.0476. The molecule has 1 aromatic heterocycles. The SMILES string of the molecule is CC1(C)c2ccccc2-c2ccc(N(c3cccc(-c4ccc(-c5ccccc5)cc4)c3)c3cccc(-c4ccc5c6ccccc6c6c(ccc7oc8ccccc8c76)c5c4)c3)cc21. The molecule has 306 valence electrons. The first-order chi connectivity index (χ1) is 32.0. The van der Waals surface area contributed by atoms with Gasteiger partial charge in [0.2, 0.25) is 0 Å². The summed E-state index contributed by atoms with van der Waals surface area (Å²) in [4.78, 5) is 2.44. The minimum absolute atomic E-state index is 0.135. The number of nitrogens with zero attached hydrogens (tertiary/aromatic N) is 1. The molecule has 2 nitrogen and oxygen atoms in total. The zero-order valence-electron chi connectivity index (χ0n) is 36.2.